The summed E-state index contributed by atoms with van der Waals surface area (Å²) in [6.07, 6.45) is 8.30. The van der Waals surface area contributed by atoms with Crippen LogP contribution in [0.2, 0.25) is 0 Å². The van der Waals surface area contributed by atoms with Crippen molar-refractivity contribution in [2.24, 2.45) is 0 Å². The average Bonchev–Trinajstić information content (AvgIpc) is 2.73. The van der Waals surface area contributed by atoms with Gasteiger partial charge in [0, 0.05) is 0 Å². The summed E-state index contributed by atoms with van der Waals surface area (Å²) in [6, 6.07) is 33.3. The van der Waals surface area contributed by atoms with Gasteiger partial charge in [-0.1, -0.05) is 89.3 Å². The van der Waals surface area contributed by atoms with E-state index in [0.29, 0.717) is 0 Å². The summed E-state index contributed by atoms with van der Waals surface area (Å²) in [5, 5.41) is 4.36. The van der Waals surface area contributed by atoms with Crippen LogP contribution in [0.15, 0.2) is 103 Å². The van der Waals surface area contributed by atoms with Crippen LogP contribution in [0.25, 0.3) is 0 Å². The first-order valence-corrected chi connectivity index (χ1v) is 12.6. The predicted molar refractivity (Wildman–Crippen MR) is 127 cm³/mol. The van der Waals surface area contributed by atoms with Crippen LogP contribution in [-0.2, 0) is 0 Å². The van der Waals surface area contributed by atoms with Crippen molar-refractivity contribution in [2.75, 3.05) is 10.6 Å². The third-order valence-electron chi connectivity index (χ3n) is 4.64. The zero-order valence-corrected chi connectivity index (χ0v) is 20.6. The Morgan fingerprint density at radius 1 is 0.630 bits per heavy atom. The molecule has 3 aromatic carbocycles. The van der Waals surface area contributed by atoms with E-state index < -0.39 is 7.26 Å². The van der Waals surface area contributed by atoms with Crippen molar-refractivity contribution in [3.05, 3.63) is 103 Å². The highest BCUT2D eigenvalue weighted by Crippen LogP contribution is 2.55. The number of hydrogen-bond acceptors (Lipinski definition) is 0. The molecule has 0 aliphatic carbocycles. The number of rotatable bonds is 8. The average molecular weight is 598 g/mol. The minimum Gasteiger partial charge on any atom is -1.00 e. The van der Waals surface area contributed by atoms with Gasteiger partial charge in [0.25, 0.3) is 0 Å². The van der Waals surface area contributed by atoms with Crippen LogP contribution in [0.4, 0.5) is 0 Å². The van der Waals surface area contributed by atoms with E-state index in [1.165, 1.54) is 33.2 Å². The lowest BCUT2D eigenvalue weighted by atomic mass is 10.3. The second kappa shape index (κ2) is 12.0. The van der Waals surface area contributed by atoms with Crippen LogP contribution >= 0.6 is 29.9 Å². The molecular formula is C24H25I2P. The fraction of sp³-hybridized carbons (Fsp3) is 0.167. The maximum Gasteiger partial charge on any atom is 0.115 e. The molecule has 3 heteroatoms. The molecule has 27 heavy (non-hydrogen) atoms. The van der Waals surface area contributed by atoms with E-state index in [1.807, 2.05) is 0 Å². The van der Waals surface area contributed by atoms with Gasteiger partial charge in [0.2, 0.25) is 0 Å². The smallest absolute Gasteiger partial charge is 0.115 e. The lowest BCUT2D eigenvalue weighted by Crippen LogP contribution is -3.00. The summed E-state index contributed by atoms with van der Waals surface area (Å²) < 4.78 is 1.22. The second-order valence-corrected chi connectivity index (χ2v) is 10.9. The van der Waals surface area contributed by atoms with Gasteiger partial charge in [-0.3, -0.25) is 0 Å². The summed E-state index contributed by atoms with van der Waals surface area (Å²) in [6.45, 7) is 0. The van der Waals surface area contributed by atoms with Crippen molar-refractivity contribution < 1.29 is 24.0 Å². The van der Waals surface area contributed by atoms with E-state index in [4.69, 9.17) is 0 Å². The fourth-order valence-corrected chi connectivity index (χ4v) is 7.83. The van der Waals surface area contributed by atoms with Gasteiger partial charge in [0.05, 0.1) is 6.16 Å². The third kappa shape index (κ3) is 5.65. The molecule has 0 N–H and O–H groups in total. The first-order valence-electron chi connectivity index (χ1n) is 9.14. The number of hydrogen-bond donors (Lipinski definition) is 0. The molecule has 0 aromatic heterocycles. The van der Waals surface area contributed by atoms with E-state index in [1.54, 1.807) is 0 Å². The topological polar surface area (TPSA) is 0 Å². The first-order chi connectivity index (χ1) is 12.9. The third-order valence-corrected chi connectivity index (χ3v) is 9.70. The van der Waals surface area contributed by atoms with Crippen LogP contribution in [0, 0.1) is 0 Å². The van der Waals surface area contributed by atoms with Gasteiger partial charge in [-0.15, -0.1) is 0 Å². The molecule has 3 rings (SSSR count). The molecule has 0 heterocycles. The van der Waals surface area contributed by atoms with Gasteiger partial charge >= 0.3 is 0 Å². The maximum absolute atomic E-state index is 2.46. The van der Waals surface area contributed by atoms with Crippen molar-refractivity contribution in [3.63, 3.8) is 0 Å². The van der Waals surface area contributed by atoms with Crippen molar-refractivity contribution in [1.29, 1.82) is 0 Å². The molecule has 0 spiro atoms. The van der Waals surface area contributed by atoms with Gasteiger partial charge in [0.15, 0.2) is 0 Å². The van der Waals surface area contributed by atoms with Crippen LogP contribution < -0.4 is 39.9 Å². The lowest BCUT2D eigenvalue weighted by molar-refractivity contribution is -0.00000495. The Kier molecular flexibility index (Phi) is 10.0. The molecule has 0 atom stereocenters. The second-order valence-electron chi connectivity index (χ2n) is 6.30. The number of alkyl halides is 1. The largest absolute Gasteiger partial charge is 1.00 e. The molecule has 0 saturated heterocycles. The highest BCUT2D eigenvalue weighted by molar-refractivity contribution is 14.1. The summed E-state index contributed by atoms with van der Waals surface area (Å²) in [7, 11) is -1.69. The van der Waals surface area contributed by atoms with Crippen molar-refractivity contribution in [2.45, 2.75) is 12.8 Å². The highest BCUT2D eigenvalue weighted by atomic mass is 127. The number of benzene rings is 3. The maximum atomic E-state index is 2.46. The molecule has 0 unspecified atom stereocenters. The molecule has 0 nitrogen and oxygen atoms in total. The Bertz CT molecular complexity index is 705. The van der Waals surface area contributed by atoms with Crippen molar-refractivity contribution in [1.82, 2.24) is 0 Å². The normalized spacial score (nSPS) is 11.3. The first kappa shape index (κ1) is 22.6. The molecule has 0 aliphatic rings. The monoisotopic (exact) mass is 598 g/mol. The summed E-state index contributed by atoms with van der Waals surface area (Å²) >= 11 is 2.46. The Morgan fingerprint density at radius 2 is 1.04 bits per heavy atom. The SMILES string of the molecule is ICCCC=CC[P+](c1ccccc1)(c1ccccc1)c1ccccc1.[I-]. The van der Waals surface area contributed by atoms with Gasteiger partial charge in [-0.25, -0.2) is 0 Å². The molecule has 140 valence electrons. The Balaban J connectivity index is 0.00000261. The quantitative estimate of drug-likeness (QED) is 0.123. The van der Waals surface area contributed by atoms with Crippen LogP contribution in [0.5, 0.6) is 0 Å². The van der Waals surface area contributed by atoms with E-state index in [2.05, 4.69) is 126 Å². The zero-order chi connectivity index (χ0) is 18.1. The van der Waals surface area contributed by atoms with Crippen LogP contribution in [0.3, 0.4) is 0 Å². The Hall–Kier alpha value is -0.710. The molecular weight excluding hydrogens is 573 g/mol. The fourth-order valence-electron chi connectivity index (χ4n) is 3.36. The summed E-state index contributed by atoms with van der Waals surface area (Å²) in [4.78, 5) is 0. The van der Waals surface area contributed by atoms with E-state index >= 15 is 0 Å². The lowest BCUT2D eigenvalue weighted by Gasteiger charge is -2.26. The molecule has 0 radical (unpaired) electrons. The minimum absolute atomic E-state index is 0. The Labute approximate surface area is 195 Å². The highest BCUT2D eigenvalue weighted by Gasteiger charge is 2.43. The molecule has 0 aliphatic heterocycles. The molecule has 0 amide bonds. The van der Waals surface area contributed by atoms with E-state index in [9.17, 15) is 0 Å². The van der Waals surface area contributed by atoms with Crippen molar-refractivity contribution in [3.8, 4) is 0 Å². The van der Waals surface area contributed by atoms with Gasteiger partial charge < -0.3 is 24.0 Å². The molecule has 0 saturated carbocycles. The molecule has 0 bridgehead atoms. The molecule has 0 fully saturated rings. The minimum atomic E-state index is -1.69. The number of halogens is 2. The van der Waals surface area contributed by atoms with Gasteiger partial charge in [0.1, 0.15) is 23.2 Å². The van der Waals surface area contributed by atoms with E-state index in [0.717, 1.165) is 6.16 Å². The standard InChI is InChI=1S/C24H25IP.HI/c25-20-12-1-2-13-21-26(22-14-6-3-7-15-22,23-16-8-4-9-17-23)24-18-10-5-11-19-24;/h2-11,13-19H,1,12,20-21H2;1H/q+1;/p-1. The number of allylic oxidation sites excluding steroid dienone is 2. The summed E-state index contributed by atoms with van der Waals surface area (Å²) in [5.41, 5.74) is 0. The zero-order valence-electron chi connectivity index (χ0n) is 15.3. The Morgan fingerprint density at radius 3 is 1.41 bits per heavy atom. The predicted octanol–water partition coefficient (Wildman–Crippen LogP) is 2.76. The van der Waals surface area contributed by atoms with E-state index in [-0.39, 0.29) is 24.0 Å². The molecule has 3 aromatic rings. The summed E-state index contributed by atoms with van der Waals surface area (Å²) in [5.74, 6) is 0. The van der Waals surface area contributed by atoms with Crippen LogP contribution in [-0.4, -0.2) is 10.6 Å². The van der Waals surface area contributed by atoms with Crippen molar-refractivity contribution >= 4 is 45.8 Å². The van der Waals surface area contributed by atoms with Gasteiger partial charge in [-0.05, 0) is 53.7 Å². The van der Waals surface area contributed by atoms with Crippen LogP contribution in [0.1, 0.15) is 12.8 Å². The number of unbranched alkanes of at least 4 members (excludes halogenated alkanes) is 1. The van der Waals surface area contributed by atoms with Gasteiger partial charge in [-0.2, -0.15) is 0 Å².